The van der Waals surface area contributed by atoms with E-state index in [1.54, 1.807) is 0 Å². The van der Waals surface area contributed by atoms with Gasteiger partial charge in [0.2, 0.25) is 10.0 Å². The molecule has 1 aliphatic rings. The summed E-state index contributed by atoms with van der Waals surface area (Å²) in [7, 11) is -3.15. The zero-order valence-electron chi connectivity index (χ0n) is 14.0. The van der Waals surface area contributed by atoms with Crippen LogP contribution in [0.4, 0.5) is 0 Å². The van der Waals surface area contributed by atoms with E-state index in [2.05, 4.69) is 19.9 Å². The van der Waals surface area contributed by atoms with Crippen molar-refractivity contribution in [1.82, 2.24) is 24.6 Å². The summed E-state index contributed by atoms with van der Waals surface area (Å²) in [5, 5.41) is 8.46. The number of sulfonamides is 1. The molecule has 24 heavy (non-hydrogen) atoms. The lowest BCUT2D eigenvalue weighted by atomic mass is 10.1. The Morgan fingerprint density at radius 1 is 1.42 bits per heavy atom. The number of aryl methyl sites for hydroxylation is 1. The van der Waals surface area contributed by atoms with Gasteiger partial charge >= 0.3 is 0 Å². The summed E-state index contributed by atoms with van der Waals surface area (Å²) in [6.07, 6.45) is 3.76. The molecule has 0 radical (unpaired) electrons. The van der Waals surface area contributed by atoms with Crippen molar-refractivity contribution in [2.75, 3.05) is 19.3 Å². The van der Waals surface area contributed by atoms with E-state index in [0.29, 0.717) is 19.0 Å². The first-order valence-electron chi connectivity index (χ1n) is 7.99. The lowest BCUT2D eigenvalue weighted by Gasteiger charge is -2.22. The zero-order chi connectivity index (χ0) is 17.2. The van der Waals surface area contributed by atoms with Crippen LogP contribution in [0.1, 0.15) is 23.6 Å². The lowest BCUT2D eigenvalue weighted by Crippen LogP contribution is -2.31. The van der Waals surface area contributed by atoms with Crippen LogP contribution in [0, 0.1) is 12.8 Å². The number of hydrogen-bond donors (Lipinski definition) is 1. The SMILES string of the molecule is Cc1cc(CN2Cc3ccnn3C[C@@H](CCNS(C)(=O)=O)C2)no1. The third-order valence-electron chi connectivity index (χ3n) is 4.12. The second-order valence-electron chi connectivity index (χ2n) is 6.42. The van der Waals surface area contributed by atoms with Crippen molar-refractivity contribution in [2.24, 2.45) is 5.92 Å². The van der Waals surface area contributed by atoms with Crippen molar-refractivity contribution in [1.29, 1.82) is 0 Å². The van der Waals surface area contributed by atoms with E-state index < -0.39 is 10.0 Å². The van der Waals surface area contributed by atoms with E-state index in [9.17, 15) is 8.42 Å². The van der Waals surface area contributed by atoms with Gasteiger partial charge in [-0.15, -0.1) is 0 Å². The topological polar surface area (TPSA) is 93.3 Å². The third-order valence-corrected chi connectivity index (χ3v) is 4.85. The molecule has 0 bridgehead atoms. The van der Waals surface area contributed by atoms with Gasteiger partial charge in [-0.1, -0.05) is 5.16 Å². The molecule has 0 fully saturated rings. The van der Waals surface area contributed by atoms with Crippen molar-refractivity contribution in [3.63, 3.8) is 0 Å². The van der Waals surface area contributed by atoms with Gasteiger partial charge in [0.25, 0.3) is 0 Å². The summed E-state index contributed by atoms with van der Waals surface area (Å²) in [5.74, 6) is 1.12. The molecule has 9 heteroatoms. The molecule has 0 aliphatic carbocycles. The molecule has 2 aromatic heterocycles. The molecule has 8 nitrogen and oxygen atoms in total. The highest BCUT2D eigenvalue weighted by Crippen LogP contribution is 2.20. The van der Waals surface area contributed by atoms with E-state index in [-0.39, 0.29) is 0 Å². The maximum atomic E-state index is 11.2. The second-order valence-corrected chi connectivity index (χ2v) is 8.26. The van der Waals surface area contributed by atoms with Crippen molar-refractivity contribution in [3.8, 4) is 0 Å². The number of hydrogen-bond acceptors (Lipinski definition) is 6. The van der Waals surface area contributed by atoms with Gasteiger partial charge in [0.15, 0.2) is 0 Å². The highest BCUT2D eigenvalue weighted by Gasteiger charge is 2.23. The van der Waals surface area contributed by atoms with Crippen LogP contribution >= 0.6 is 0 Å². The van der Waals surface area contributed by atoms with Crippen molar-refractivity contribution in [2.45, 2.75) is 33.0 Å². The number of rotatable bonds is 6. The number of aromatic nitrogens is 3. The predicted molar refractivity (Wildman–Crippen MR) is 88.5 cm³/mol. The molecule has 0 amide bonds. The van der Waals surface area contributed by atoms with Gasteiger partial charge < -0.3 is 4.52 Å². The van der Waals surface area contributed by atoms with E-state index >= 15 is 0 Å². The Hall–Kier alpha value is -1.71. The van der Waals surface area contributed by atoms with Gasteiger partial charge in [0.1, 0.15) is 5.76 Å². The smallest absolute Gasteiger partial charge is 0.208 e. The van der Waals surface area contributed by atoms with Crippen LogP contribution in [-0.4, -0.2) is 47.6 Å². The zero-order valence-corrected chi connectivity index (χ0v) is 14.8. The Labute approximate surface area is 141 Å². The minimum atomic E-state index is -3.15. The van der Waals surface area contributed by atoms with E-state index in [0.717, 1.165) is 43.2 Å². The molecule has 0 saturated heterocycles. The average molecular weight is 353 g/mol. The fourth-order valence-electron chi connectivity index (χ4n) is 3.09. The molecule has 2 aromatic rings. The van der Waals surface area contributed by atoms with E-state index in [1.807, 2.05) is 29.9 Å². The summed E-state index contributed by atoms with van der Waals surface area (Å²) in [6, 6.07) is 3.97. The molecule has 1 aliphatic heterocycles. The van der Waals surface area contributed by atoms with E-state index in [4.69, 9.17) is 4.52 Å². The van der Waals surface area contributed by atoms with Crippen LogP contribution in [0.2, 0.25) is 0 Å². The molecule has 3 heterocycles. The van der Waals surface area contributed by atoms with E-state index in [1.165, 1.54) is 6.26 Å². The van der Waals surface area contributed by atoms with Crippen LogP contribution in [0.25, 0.3) is 0 Å². The first-order valence-corrected chi connectivity index (χ1v) is 9.88. The van der Waals surface area contributed by atoms with Crippen molar-refractivity contribution < 1.29 is 12.9 Å². The van der Waals surface area contributed by atoms with Gasteiger partial charge in [-0.2, -0.15) is 5.10 Å². The number of nitrogens with one attached hydrogen (secondary N) is 1. The maximum absolute atomic E-state index is 11.2. The highest BCUT2D eigenvalue weighted by molar-refractivity contribution is 7.88. The Kier molecular flexibility index (Phi) is 5.02. The van der Waals surface area contributed by atoms with Crippen LogP contribution < -0.4 is 4.72 Å². The Bertz CT molecular complexity index is 783. The Balaban J connectivity index is 1.68. The molecule has 1 atom stereocenters. The first kappa shape index (κ1) is 17.1. The largest absolute Gasteiger partial charge is 0.361 e. The number of nitrogens with zero attached hydrogens (tertiary/aromatic N) is 4. The van der Waals surface area contributed by atoms with Crippen molar-refractivity contribution in [3.05, 3.63) is 35.5 Å². The summed E-state index contributed by atoms with van der Waals surface area (Å²) in [6.45, 7) is 5.48. The summed E-state index contributed by atoms with van der Waals surface area (Å²) in [4.78, 5) is 2.31. The summed E-state index contributed by atoms with van der Waals surface area (Å²) >= 11 is 0. The molecule has 0 saturated carbocycles. The lowest BCUT2D eigenvalue weighted by molar-refractivity contribution is 0.209. The Morgan fingerprint density at radius 2 is 2.25 bits per heavy atom. The molecule has 1 N–H and O–H groups in total. The van der Waals surface area contributed by atoms with Crippen molar-refractivity contribution >= 4 is 10.0 Å². The molecule has 0 unspecified atom stereocenters. The van der Waals surface area contributed by atoms with Crippen LogP contribution in [-0.2, 0) is 29.7 Å². The minimum absolute atomic E-state index is 0.313. The van der Waals surface area contributed by atoms with Crippen LogP contribution in [0.5, 0.6) is 0 Å². The quantitative estimate of drug-likeness (QED) is 0.824. The Morgan fingerprint density at radius 3 is 2.96 bits per heavy atom. The predicted octanol–water partition coefficient (Wildman–Crippen LogP) is 0.751. The molecule has 0 spiro atoms. The second kappa shape index (κ2) is 7.04. The minimum Gasteiger partial charge on any atom is -0.361 e. The summed E-state index contributed by atoms with van der Waals surface area (Å²) in [5.41, 5.74) is 2.07. The molecular formula is C15H23N5O3S. The first-order chi connectivity index (χ1) is 11.4. The molecular weight excluding hydrogens is 330 g/mol. The standard InChI is InChI=1S/C15H23N5O3S/c1-12-7-14(18-23-12)10-19-8-13(3-6-17-24(2,21)22)9-20-15(11-19)4-5-16-20/h4-5,7,13,17H,3,6,8-11H2,1-2H3/t13-/m0/s1. The normalized spacial score (nSPS) is 19.2. The maximum Gasteiger partial charge on any atom is 0.208 e. The fraction of sp³-hybridized carbons (Fsp3) is 0.600. The molecule has 3 rings (SSSR count). The molecule has 132 valence electrons. The van der Waals surface area contributed by atoms with Gasteiger partial charge in [-0.25, -0.2) is 13.1 Å². The molecule has 0 aromatic carbocycles. The summed E-state index contributed by atoms with van der Waals surface area (Å²) < 4.78 is 32.2. The average Bonchev–Trinajstić information content (AvgIpc) is 3.03. The fourth-order valence-corrected chi connectivity index (χ4v) is 3.58. The monoisotopic (exact) mass is 353 g/mol. The highest BCUT2D eigenvalue weighted by atomic mass is 32.2. The van der Waals surface area contributed by atoms with Gasteiger partial charge in [-0.05, 0) is 25.3 Å². The van der Waals surface area contributed by atoms with Gasteiger partial charge in [-0.3, -0.25) is 9.58 Å². The number of fused-ring (bicyclic) bond motifs is 1. The third kappa shape index (κ3) is 4.65. The van der Waals surface area contributed by atoms with Crippen LogP contribution in [0.15, 0.2) is 22.9 Å². The van der Waals surface area contributed by atoms with Gasteiger partial charge in [0.05, 0.1) is 17.6 Å². The van der Waals surface area contributed by atoms with Gasteiger partial charge in [0, 0.05) is 45.0 Å². The van der Waals surface area contributed by atoms with Crippen LogP contribution in [0.3, 0.4) is 0 Å².